The lowest BCUT2D eigenvalue weighted by Gasteiger charge is -2.25. The minimum absolute atomic E-state index is 0.0249. The summed E-state index contributed by atoms with van der Waals surface area (Å²) >= 11 is 0. The van der Waals surface area contributed by atoms with Crippen LogP contribution in [0.15, 0.2) is 24.3 Å². The number of carbonyl (C=O) groups is 1. The van der Waals surface area contributed by atoms with Gasteiger partial charge in [-0.05, 0) is 30.9 Å². The van der Waals surface area contributed by atoms with Crippen molar-refractivity contribution in [2.45, 2.75) is 19.3 Å². The number of anilines is 1. The van der Waals surface area contributed by atoms with Crippen LogP contribution in [0.1, 0.15) is 29.6 Å². The van der Waals surface area contributed by atoms with Crippen LogP contribution in [0.5, 0.6) is 0 Å². The SMILES string of the molecule is CNc1ccccc1C(=O)NCC1CCC1. The van der Waals surface area contributed by atoms with E-state index in [-0.39, 0.29) is 5.91 Å². The first kappa shape index (κ1) is 11.0. The summed E-state index contributed by atoms with van der Waals surface area (Å²) in [6.45, 7) is 0.816. The molecule has 1 amide bonds. The molecule has 2 N–H and O–H groups in total. The standard InChI is InChI=1S/C13H18N2O/c1-14-12-8-3-2-7-11(12)13(16)15-9-10-5-4-6-10/h2-3,7-8,10,14H,4-6,9H2,1H3,(H,15,16). The third kappa shape index (κ3) is 2.35. The molecule has 0 spiro atoms. The largest absolute Gasteiger partial charge is 0.387 e. The Balaban J connectivity index is 1.96. The summed E-state index contributed by atoms with van der Waals surface area (Å²) in [6, 6.07) is 7.58. The van der Waals surface area contributed by atoms with Gasteiger partial charge in [0.1, 0.15) is 0 Å². The van der Waals surface area contributed by atoms with Gasteiger partial charge in [-0.1, -0.05) is 18.6 Å². The molecule has 16 heavy (non-hydrogen) atoms. The third-order valence-electron chi connectivity index (χ3n) is 3.22. The molecular formula is C13H18N2O. The predicted molar refractivity (Wildman–Crippen MR) is 65.7 cm³/mol. The van der Waals surface area contributed by atoms with Crippen LogP contribution < -0.4 is 10.6 Å². The maximum absolute atomic E-state index is 11.9. The lowest BCUT2D eigenvalue weighted by Crippen LogP contribution is -2.32. The van der Waals surface area contributed by atoms with Crippen LogP contribution in [-0.2, 0) is 0 Å². The Kier molecular flexibility index (Phi) is 3.44. The summed E-state index contributed by atoms with van der Waals surface area (Å²) in [5.41, 5.74) is 1.61. The van der Waals surface area contributed by atoms with E-state index >= 15 is 0 Å². The first-order chi connectivity index (χ1) is 7.81. The molecule has 1 aromatic carbocycles. The van der Waals surface area contributed by atoms with E-state index in [4.69, 9.17) is 0 Å². The van der Waals surface area contributed by atoms with E-state index in [9.17, 15) is 4.79 Å². The molecule has 3 heteroatoms. The first-order valence-corrected chi connectivity index (χ1v) is 5.86. The Morgan fingerprint density at radius 1 is 1.38 bits per heavy atom. The fraction of sp³-hybridized carbons (Fsp3) is 0.462. The highest BCUT2D eigenvalue weighted by Gasteiger charge is 2.18. The summed E-state index contributed by atoms with van der Waals surface area (Å²) < 4.78 is 0. The Labute approximate surface area is 96.2 Å². The monoisotopic (exact) mass is 218 g/mol. The molecule has 0 saturated heterocycles. The molecule has 3 nitrogen and oxygen atoms in total. The number of hydrogen-bond acceptors (Lipinski definition) is 2. The van der Waals surface area contributed by atoms with Crippen LogP contribution in [0.25, 0.3) is 0 Å². The fourth-order valence-electron chi connectivity index (χ4n) is 1.93. The smallest absolute Gasteiger partial charge is 0.253 e. The van der Waals surface area contributed by atoms with Crippen molar-refractivity contribution in [3.63, 3.8) is 0 Å². The average Bonchev–Trinajstić information content (AvgIpc) is 2.26. The minimum Gasteiger partial charge on any atom is -0.387 e. The van der Waals surface area contributed by atoms with Crippen LogP contribution in [0.3, 0.4) is 0 Å². The number of para-hydroxylation sites is 1. The van der Waals surface area contributed by atoms with Gasteiger partial charge in [0.2, 0.25) is 0 Å². The van der Waals surface area contributed by atoms with Gasteiger partial charge in [0.15, 0.2) is 0 Å². The van der Waals surface area contributed by atoms with Crippen LogP contribution in [0.4, 0.5) is 5.69 Å². The number of rotatable bonds is 4. The molecule has 0 atom stereocenters. The highest BCUT2D eigenvalue weighted by atomic mass is 16.1. The van der Waals surface area contributed by atoms with Crippen LogP contribution in [0, 0.1) is 5.92 Å². The van der Waals surface area contributed by atoms with Gasteiger partial charge in [-0.25, -0.2) is 0 Å². The predicted octanol–water partition coefficient (Wildman–Crippen LogP) is 2.26. The van der Waals surface area contributed by atoms with Gasteiger partial charge in [0, 0.05) is 19.3 Å². The van der Waals surface area contributed by atoms with Crippen LogP contribution >= 0.6 is 0 Å². The molecule has 0 aliphatic heterocycles. The zero-order valence-corrected chi connectivity index (χ0v) is 9.62. The number of benzene rings is 1. The molecule has 0 aromatic heterocycles. The Morgan fingerprint density at radius 3 is 2.75 bits per heavy atom. The quantitative estimate of drug-likeness (QED) is 0.814. The summed E-state index contributed by atoms with van der Waals surface area (Å²) in [6.07, 6.45) is 3.83. The molecule has 0 radical (unpaired) electrons. The number of carbonyl (C=O) groups excluding carboxylic acids is 1. The molecule has 0 bridgehead atoms. The van der Waals surface area contributed by atoms with Crippen molar-refractivity contribution in [2.24, 2.45) is 5.92 Å². The van der Waals surface area contributed by atoms with E-state index in [1.165, 1.54) is 19.3 Å². The van der Waals surface area contributed by atoms with Crippen molar-refractivity contribution in [1.82, 2.24) is 5.32 Å². The van der Waals surface area contributed by atoms with Crippen molar-refractivity contribution in [3.05, 3.63) is 29.8 Å². The summed E-state index contributed by atoms with van der Waals surface area (Å²) in [5.74, 6) is 0.725. The summed E-state index contributed by atoms with van der Waals surface area (Å²) in [7, 11) is 1.83. The lowest BCUT2D eigenvalue weighted by molar-refractivity contribution is 0.0940. The molecule has 1 aliphatic carbocycles. The molecule has 86 valence electrons. The van der Waals surface area contributed by atoms with E-state index in [1.54, 1.807) is 0 Å². The topological polar surface area (TPSA) is 41.1 Å². The van der Waals surface area contributed by atoms with Gasteiger partial charge >= 0.3 is 0 Å². The fourth-order valence-corrected chi connectivity index (χ4v) is 1.93. The zero-order valence-electron chi connectivity index (χ0n) is 9.62. The van der Waals surface area contributed by atoms with Crippen molar-refractivity contribution in [3.8, 4) is 0 Å². The van der Waals surface area contributed by atoms with Crippen molar-refractivity contribution in [1.29, 1.82) is 0 Å². The van der Waals surface area contributed by atoms with Gasteiger partial charge in [-0.3, -0.25) is 4.79 Å². The second kappa shape index (κ2) is 5.01. The molecule has 0 heterocycles. The van der Waals surface area contributed by atoms with E-state index in [1.807, 2.05) is 31.3 Å². The van der Waals surface area contributed by atoms with Crippen molar-refractivity contribution >= 4 is 11.6 Å². The Hall–Kier alpha value is -1.51. The summed E-state index contributed by atoms with van der Waals surface area (Å²) in [4.78, 5) is 11.9. The van der Waals surface area contributed by atoms with Gasteiger partial charge in [0.25, 0.3) is 5.91 Å². The molecule has 2 rings (SSSR count). The Bertz CT molecular complexity index is 372. The number of hydrogen-bond donors (Lipinski definition) is 2. The third-order valence-corrected chi connectivity index (χ3v) is 3.22. The Morgan fingerprint density at radius 2 is 2.12 bits per heavy atom. The highest BCUT2D eigenvalue weighted by molar-refractivity contribution is 5.99. The van der Waals surface area contributed by atoms with E-state index in [2.05, 4.69) is 10.6 Å². The van der Waals surface area contributed by atoms with Crippen LogP contribution in [0.2, 0.25) is 0 Å². The molecule has 1 aromatic rings. The molecule has 1 aliphatic rings. The van der Waals surface area contributed by atoms with Crippen molar-refractivity contribution < 1.29 is 4.79 Å². The van der Waals surface area contributed by atoms with Gasteiger partial charge in [-0.2, -0.15) is 0 Å². The highest BCUT2D eigenvalue weighted by Crippen LogP contribution is 2.25. The van der Waals surface area contributed by atoms with Gasteiger partial charge in [-0.15, -0.1) is 0 Å². The zero-order chi connectivity index (χ0) is 11.4. The lowest BCUT2D eigenvalue weighted by atomic mass is 9.85. The van der Waals surface area contributed by atoms with E-state index in [0.29, 0.717) is 5.92 Å². The van der Waals surface area contributed by atoms with Gasteiger partial charge in [0.05, 0.1) is 5.56 Å². The second-order valence-corrected chi connectivity index (χ2v) is 4.30. The maximum atomic E-state index is 11.9. The molecular weight excluding hydrogens is 200 g/mol. The maximum Gasteiger partial charge on any atom is 0.253 e. The van der Waals surface area contributed by atoms with E-state index < -0.39 is 0 Å². The second-order valence-electron chi connectivity index (χ2n) is 4.30. The number of amides is 1. The molecule has 0 unspecified atom stereocenters. The van der Waals surface area contributed by atoms with Crippen molar-refractivity contribution in [2.75, 3.05) is 18.9 Å². The molecule has 1 fully saturated rings. The van der Waals surface area contributed by atoms with E-state index in [0.717, 1.165) is 17.8 Å². The average molecular weight is 218 g/mol. The normalized spacial score (nSPS) is 15.3. The van der Waals surface area contributed by atoms with Crippen LogP contribution in [-0.4, -0.2) is 19.5 Å². The summed E-state index contributed by atoms with van der Waals surface area (Å²) in [5, 5.41) is 6.03. The number of nitrogens with one attached hydrogen (secondary N) is 2. The van der Waals surface area contributed by atoms with Gasteiger partial charge < -0.3 is 10.6 Å². The first-order valence-electron chi connectivity index (χ1n) is 5.86. The molecule has 1 saturated carbocycles. The minimum atomic E-state index is 0.0249.